The minimum absolute atomic E-state index is 0.0120. The minimum Gasteiger partial charge on any atom is -0.465 e. The van der Waals surface area contributed by atoms with E-state index in [1.807, 2.05) is 6.92 Å². The normalized spacial score (nSPS) is 12.6. The first-order chi connectivity index (χ1) is 23.8. The highest BCUT2D eigenvalue weighted by Crippen LogP contribution is 2.21. The number of amides is 1. The van der Waals surface area contributed by atoms with Gasteiger partial charge < -0.3 is 19.7 Å². The SMILES string of the molecule is CCCCCCCCC(CCCCCC)C(=O)OCCCCCCN(CCCCCCOC(=O)C(C)CCCCC)CCCCNC(C)=O. The highest BCUT2D eigenvalue weighted by Gasteiger charge is 2.19. The maximum absolute atomic E-state index is 12.9. The predicted molar refractivity (Wildman–Crippen MR) is 207 cm³/mol. The summed E-state index contributed by atoms with van der Waals surface area (Å²) in [5.41, 5.74) is 0. The Morgan fingerprint density at radius 1 is 0.510 bits per heavy atom. The molecule has 0 aliphatic carbocycles. The molecule has 2 unspecified atom stereocenters. The fourth-order valence-electron chi connectivity index (χ4n) is 6.43. The Bertz CT molecular complexity index is 761. The molecule has 0 rings (SSSR count). The van der Waals surface area contributed by atoms with Crippen molar-refractivity contribution in [3.8, 4) is 0 Å². The fourth-order valence-corrected chi connectivity index (χ4v) is 6.43. The Kier molecular flexibility index (Phi) is 35.0. The molecule has 0 saturated carbocycles. The van der Waals surface area contributed by atoms with Crippen LogP contribution in [-0.2, 0) is 23.9 Å². The topological polar surface area (TPSA) is 84.9 Å². The quantitative estimate of drug-likeness (QED) is 0.0515. The molecule has 7 nitrogen and oxygen atoms in total. The smallest absolute Gasteiger partial charge is 0.308 e. The van der Waals surface area contributed by atoms with Gasteiger partial charge in [0.15, 0.2) is 0 Å². The molecule has 0 heterocycles. The first-order valence-corrected chi connectivity index (χ1v) is 21.2. The summed E-state index contributed by atoms with van der Waals surface area (Å²) in [5.74, 6) is 0.148. The van der Waals surface area contributed by atoms with Gasteiger partial charge in [-0.15, -0.1) is 0 Å². The van der Waals surface area contributed by atoms with Gasteiger partial charge in [-0.2, -0.15) is 0 Å². The van der Waals surface area contributed by atoms with Crippen molar-refractivity contribution in [2.24, 2.45) is 11.8 Å². The lowest BCUT2D eigenvalue weighted by Crippen LogP contribution is -2.28. The second-order valence-corrected chi connectivity index (χ2v) is 14.7. The molecule has 0 aromatic carbocycles. The minimum atomic E-state index is -0.0369. The molecule has 2 atom stereocenters. The number of ether oxygens (including phenoxy) is 2. The van der Waals surface area contributed by atoms with Crippen molar-refractivity contribution in [1.29, 1.82) is 0 Å². The number of rotatable bonds is 37. The van der Waals surface area contributed by atoms with E-state index in [9.17, 15) is 14.4 Å². The van der Waals surface area contributed by atoms with Crippen molar-refractivity contribution in [1.82, 2.24) is 10.2 Å². The van der Waals surface area contributed by atoms with Crippen LogP contribution in [0.5, 0.6) is 0 Å². The molecule has 0 bridgehead atoms. The Morgan fingerprint density at radius 3 is 1.47 bits per heavy atom. The third-order valence-electron chi connectivity index (χ3n) is 9.79. The molecule has 0 aromatic rings. The molecule has 7 heteroatoms. The van der Waals surface area contributed by atoms with Crippen LogP contribution in [0.1, 0.15) is 202 Å². The zero-order valence-corrected chi connectivity index (χ0v) is 33.3. The summed E-state index contributed by atoms with van der Waals surface area (Å²) in [6.45, 7) is 15.3. The third-order valence-corrected chi connectivity index (χ3v) is 9.79. The summed E-state index contributed by atoms with van der Waals surface area (Å²) >= 11 is 0. The second kappa shape index (κ2) is 36.2. The fraction of sp³-hybridized carbons (Fsp3) is 0.929. The van der Waals surface area contributed by atoms with Gasteiger partial charge in [0.1, 0.15) is 0 Å². The number of nitrogens with zero attached hydrogens (tertiary/aromatic N) is 1. The summed E-state index contributed by atoms with van der Waals surface area (Å²) in [5, 5.41) is 2.91. The van der Waals surface area contributed by atoms with Gasteiger partial charge in [-0.25, -0.2) is 0 Å². The van der Waals surface area contributed by atoms with E-state index in [0.29, 0.717) is 13.2 Å². The number of nitrogens with one attached hydrogen (secondary N) is 1. The van der Waals surface area contributed by atoms with E-state index in [1.165, 1.54) is 64.2 Å². The van der Waals surface area contributed by atoms with Crippen LogP contribution >= 0.6 is 0 Å². The summed E-state index contributed by atoms with van der Waals surface area (Å²) in [6, 6.07) is 0. The molecule has 0 aliphatic heterocycles. The molecule has 0 fully saturated rings. The molecule has 0 aromatic heterocycles. The molecule has 49 heavy (non-hydrogen) atoms. The van der Waals surface area contributed by atoms with Crippen molar-refractivity contribution in [2.75, 3.05) is 39.4 Å². The first-order valence-electron chi connectivity index (χ1n) is 21.2. The van der Waals surface area contributed by atoms with Crippen LogP contribution in [0.4, 0.5) is 0 Å². The summed E-state index contributed by atoms with van der Waals surface area (Å²) in [4.78, 5) is 38.9. The maximum Gasteiger partial charge on any atom is 0.308 e. The van der Waals surface area contributed by atoms with Gasteiger partial charge in [-0.3, -0.25) is 14.4 Å². The summed E-state index contributed by atoms with van der Waals surface area (Å²) < 4.78 is 11.3. The van der Waals surface area contributed by atoms with Gasteiger partial charge >= 0.3 is 11.9 Å². The molecule has 290 valence electrons. The number of hydrogen-bond acceptors (Lipinski definition) is 6. The van der Waals surface area contributed by atoms with E-state index in [-0.39, 0.29) is 29.7 Å². The standard InChI is InChI=1S/C42H82N2O5/c1-6-9-12-14-15-22-31-40(30-21-13-10-7-2)42(47)49-37-28-19-17-25-34-44(35-26-23-32-43-39(5)45)33-24-16-18-27-36-48-41(46)38(4)29-20-11-8-3/h38,40H,6-37H2,1-5H3,(H,43,45). The first kappa shape index (κ1) is 47.4. The van der Waals surface area contributed by atoms with Gasteiger partial charge in [0.05, 0.1) is 25.0 Å². The number of esters is 2. The average Bonchev–Trinajstić information content (AvgIpc) is 3.08. The van der Waals surface area contributed by atoms with E-state index in [0.717, 1.165) is 129 Å². The van der Waals surface area contributed by atoms with Gasteiger partial charge in [0.2, 0.25) is 5.91 Å². The van der Waals surface area contributed by atoms with Gasteiger partial charge in [-0.05, 0) is 77.4 Å². The van der Waals surface area contributed by atoms with Gasteiger partial charge in [0, 0.05) is 13.5 Å². The number of hydrogen-bond donors (Lipinski definition) is 1. The van der Waals surface area contributed by atoms with Gasteiger partial charge in [-0.1, -0.05) is 137 Å². The molecule has 1 amide bonds. The van der Waals surface area contributed by atoms with E-state index in [4.69, 9.17) is 9.47 Å². The molecular formula is C42H82N2O5. The van der Waals surface area contributed by atoms with E-state index in [1.54, 1.807) is 6.92 Å². The van der Waals surface area contributed by atoms with Gasteiger partial charge in [0.25, 0.3) is 0 Å². The van der Waals surface area contributed by atoms with Crippen molar-refractivity contribution in [3.05, 3.63) is 0 Å². The highest BCUT2D eigenvalue weighted by molar-refractivity contribution is 5.73. The van der Waals surface area contributed by atoms with Crippen LogP contribution in [0.3, 0.4) is 0 Å². The van der Waals surface area contributed by atoms with Crippen LogP contribution in [0.15, 0.2) is 0 Å². The lowest BCUT2D eigenvalue weighted by molar-refractivity contribution is -0.149. The Balaban J connectivity index is 4.36. The summed E-state index contributed by atoms with van der Waals surface area (Å²) in [6.07, 6.45) is 29.6. The van der Waals surface area contributed by atoms with Crippen LogP contribution in [0, 0.1) is 11.8 Å². The maximum atomic E-state index is 12.9. The Labute approximate surface area is 304 Å². The zero-order valence-electron chi connectivity index (χ0n) is 33.3. The van der Waals surface area contributed by atoms with Crippen LogP contribution in [-0.4, -0.2) is 62.1 Å². The number of carbonyl (C=O) groups is 3. The predicted octanol–water partition coefficient (Wildman–Crippen LogP) is 11.0. The molecule has 0 saturated heterocycles. The number of carbonyl (C=O) groups excluding carboxylic acids is 3. The van der Waals surface area contributed by atoms with E-state index in [2.05, 4.69) is 31.0 Å². The van der Waals surface area contributed by atoms with Crippen molar-refractivity contribution in [3.63, 3.8) is 0 Å². The van der Waals surface area contributed by atoms with Crippen LogP contribution < -0.4 is 5.32 Å². The molecular weight excluding hydrogens is 612 g/mol. The van der Waals surface area contributed by atoms with Crippen LogP contribution in [0.2, 0.25) is 0 Å². The number of unbranched alkanes of at least 4 members (excludes halogenated alkanes) is 17. The molecule has 0 spiro atoms. The molecule has 0 radical (unpaired) electrons. The Morgan fingerprint density at radius 2 is 0.918 bits per heavy atom. The molecule has 1 N–H and O–H groups in total. The molecule has 0 aliphatic rings. The van der Waals surface area contributed by atoms with E-state index >= 15 is 0 Å². The largest absolute Gasteiger partial charge is 0.465 e. The van der Waals surface area contributed by atoms with Crippen molar-refractivity contribution >= 4 is 17.8 Å². The Hall–Kier alpha value is -1.63. The third kappa shape index (κ3) is 32.0. The second-order valence-electron chi connectivity index (χ2n) is 14.7. The monoisotopic (exact) mass is 695 g/mol. The van der Waals surface area contributed by atoms with Crippen LogP contribution in [0.25, 0.3) is 0 Å². The highest BCUT2D eigenvalue weighted by atomic mass is 16.5. The summed E-state index contributed by atoms with van der Waals surface area (Å²) in [7, 11) is 0. The lowest BCUT2D eigenvalue weighted by atomic mass is 9.94. The average molecular weight is 695 g/mol. The lowest BCUT2D eigenvalue weighted by Gasteiger charge is -2.22. The zero-order chi connectivity index (χ0) is 36.2. The van der Waals surface area contributed by atoms with Crippen molar-refractivity contribution in [2.45, 2.75) is 202 Å². The van der Waals surface area contributed by atoms with E-state index < -0.39 is 0 Å². The van der Waals surface area contributed by atoms with Crippen molar-refractivity contribution < 1.29 is 23.9 Å².